The van der Waals surface area contributed by atoms with E-state index in [1.165, 1.54) is 0 Å². The predicted molar refractivity (Wildman–Crippen MR) is 122 cm³/mol. The molecule has 0 amide bonds. The number of hydrogen-bond acceptors (Lipinski definition) is 6. The summed E-state index contributed by atoms with van der Waals surface area (Å²) in [6.45, 7) is 4.91. The highest BCUT2D eigenvalue weighted by atomic mass is 16.1. The first-order valence-electron chi connectivity index (χ1n) is 11.1. The van der Waals surface area contributed by atoms with Gasteiger partial charge in [0.25, 0.3) is 0 Å². The van der Waals surface area contributed by atoms with Crippen molar-refractivity contribution in [3.05, 3.63) is 65.7 Å². The molecule has 0 spiro atoms. The number of Topliss-reactive ketones (excluding diaryl/α,β-unsaturated/α-hetero) is 1. The third-order valence-corrected chi connectivity index (χ3v) is 5.34. The van der Waals surface area contributed by atoms with Gasteiger partial charge in [0.1, 0.15) is 5.82 Å². The number of aromatic nitrogens is 7. The number of benzene rings is 2. The molecule has 2 aromatic heterocycles. The minimum absolute atomic E-state index is 0.0115. The number of aromatic amines is 1. The molecule has 1 N–H and O–H groups in total. The monoisotopic (exact) mass is 429 g/mol. The molecule has 164 valence electrons. The van der Waals surface area contributed by atoms with E-state index in [0.717, 1.165) is 53.9 Å². The van der Waals surface area contributed by atoms with Gasteiger partial charge in [0.05, 0.1) is 0 Å². The third kappa shape index (κ3) is 4.80. The molecule has 8 nitrogen and oxygen atoms in total. The number of H-pyrrole nitrogens is 1. The van der Waals surface area contributed by atoms with E-state index in [1.54, 1.807) is 0 Å². The van der Waals surface area contributed by atoms with Crippen LogP contribution in [0.3, 0.4) is 0 Å². The zero-order valence-electron chi connectivity index (χ0n) is 18.5. The molecule has 0 saturated carbocycles. The lowest BCUT2D eigenvalue weighted by Crippen LogP contribution is -2.07. The van der Waals surface area contributed by atoms with Crippen LogP contribution in [0.4, 0.5) is 0 Å². The lowest BCUT2D eigenvalue weighted by Gasteiger charge is -2.09. The van der Waals surface area contributed by atoms with Crippen LogP contribution in [0.5, 0.6) is 0 Å². The van der Waals surface area contributed by atoms with Crippen LogP contribution < -0.4 is 0 Å². The van der Waals surface area contributed by atoms with E-state index < -0.39 is 0 Å². The molecule has 2 heterocycles. The van der Waals surface area contributed by atoms with E-state index in [9.17, 15) is 4.79 Å². The molecule has 0 aliphatic rings. The van der Waals surface area contributed by atoms with E-state index in [-0.39, 0.29) is 5.78 Å². The number of ketones is 1. The summed E-state index contributed by atoms with van der Waals surface area (Å²) in [6, 6.07) is 16.4. The van der Waals surface area contributed by atoms with Gasteiger partial charge in [0.15, 0.2) is 0 Å². The van der Waals surface area contributed by atoms with Crippen molar-refractivity contribution in [1.29, 1.82) is 0 Å². The molecule has 0 radical (unpaired) electrons. The highest BCUT2D eigenvalue weighted by molar-refractivity contribution is 5.92. The van der Waals surface area contributed by atoms with Crippen molar-refractivity contribution in [2.45, 2.75) is 52.5 Å². The Morgan fingerprint density at radius 2 is 1.78 bits per heavy atom. The maximum Gasteiger partial charge on any atom is 0.217 e. The number of carbonyl (C=O) groups excluding carboxylic acids is 1. The summed E-state index contributed by atoms with van der Waals surface area (Å²) >= 11 is 0. The van der Waals surface area contributed by atoms with Gasteiger partial charge in [-0.05, 0) is 34.7 Å². The van der Waals surface area contributed by atoms with E-state index >= 15 is 0 Å². The number of nitrogens with one attached hydrogen (secondary N) is 1. The standard InChI is InChI=1S/C24H27N7O/c1-3-5-15-31-22(25-24(28-31)21(32)8-4-2)16-17-11-13-18(14-12-17)19-9-6-7-10-20(19)23-26-29-30-27-23/h6-7,9-14H,3-5,8,15-16H2,1-2H3,(H,26,27,29,30). The summed E-state index contributed by atoms with van der Waals surface area (Å²) in [6.07, 6.45) is 3.97. The topological polar surface area (TPSA) is 102 Å². The zero-order chi connectivity index (χ0) is 22.3. The minimum atomic E-state index is 0.0115. The maximum atomic E-state index is 12.3. The molecule has 4 rings (SSSR count). The van der Waals surface area contributed by atoms with Crippen molar-refractivity contribution >= 4 is 5.78 Å². The molecule has 0 saturated heterocycles. The zero-order valence-corrected chi connectivity index (χ0v) is 18.5. The van der Waals surface area contributed by atoms with Gasteiger partial charge in [-0.25, -0.2) is 9.67 Å². The van der Waals surface area contributed by atoms with Gasteiger partial charge in [-0.1, -0.05) is 68.8 Å². The molecule has 0 unspecified atom stereocenters. The molecule has 0 fully saturated rings. The Labute approximate surface area is 187 Å². The second kappa shape index (κ2) is 10.1. The number of carbonyl (C=O) groups is 1. The molecular formula is C24H27N7O. The average molecular weight is 430 g/mol. The Morgan fingerprint density at radius 1 is 1.00 bits per heavy atom. The van der Waals surface area contributed by atoms with Gasteiger partial charge in [0, 0.05) is 24.9 Å². The van der Waals surface area contributed by atoms with Crippen LogP contribution in [0.1, 0.15) is 61.5 Å². The predicted octanol–water partition coefficient (Wildman–Crippen LogP) is 4.50. The first-order chi connectivity index (χ1) is 15.7. The molecule has 0 bridgehead atoms. The molecule has 0 aliphatic carbocycles. The smallest absolute Gasteiger partial charge is 0.217 e. The first-order valence-corrected chi connectivity index (χ1v) is 11.1. The number of nitrogens with zero attached hydrogens (tertiary/aromatic N) is 6. The van der Waals surface area contributed by atoms with Crippen molar-refractivity contribution in [3.63, 3.8) is 0 Å². The molecule has 2 aromatic carbocycles. The van der Waals surface area contributed by atoms with Gasteiger partial charge in [-0.2, -0.15) is 5.21 Å². The van der Waals surface area contributed by atoms with Gasteiger partial charge in [-0.3, -0.25) is 4.79 Å². The molecule has 0 aliphatic heterocycles. The van der Waals surface area contributed by atoms with E-state index in [4.69, 9.17) is 0 Å². The van der Waals surface area contributed by atoms with Crippen LogP contribution in [0.15, 0.2) is 48.5 Å². The van der Waals surface area contributed by atoms with Crippen LogP contribution in [-0.2, 0) is 13.0 Å². The van der Waals surface area contributed by atoms with Gasteiger partial charge in [0.2, 0.25) is 17.4 Å². The summed E-state index contributed by atoms with van der Waals surface area (Å²) < 4.78 is 1.89. The first kappa shape index (κ1) is 21.5. The van der Waals surface area contributed by atoms with Crippen LogP contribution >= 0.6 is 0 Å². The van der Waals surface area contributed by atoms with Crippen LogP contribution in [0, 0.1) is 0 Å². The summed E-state index contributed by atoms with van der Waals surface area (Å²) in [5.41, 5.74) is 4.15. The van der Waals surface area contributed by atoms with Crippen molar-refractivity contribution in [3.8, 4) is 22.5 Å². The summed E-state index contributed by atoms with van der Waals surface area (Å²) in [7, 11) is 0. The Balaban J connectivity index is 1.58. The Hall–Kier alpha value is -3.68. The quantitative estimate of drug-likeness (QED) is 0.372. The van der Waals surface area contributed by atoms with Crippen molar-refractivity contribution in [2.75, 3.05) is 0 Å². The van der Waals surface area contributed by atoms with E-state index in [1.807, 2.05) is 35.9 Å². The van der Waals surface area contributed by atoms with Crippen molar-refractivity contribution in [1.82, 2.24) is 35.4 Å². The number of tetrazole rings is 1. The number of aryl methyl sites for hydroxylation is 1. The Kier molecular flexibility index (Phi) is 6.79. The Morgan fingerprint density at radius 3 is 2.47 bits per heavy atom. The minimum Gasteiger partial charge on any atom is -0.291 e. The highest BCUT2D eigenvalue weighted by Gasteiger charge is 2.16. The molecule has 8 heteroatoms. The lowest BCUT2D eigenvalue weighted by atomic mass is 9.98. The van der Waals surface area contributed by atoms with Gasteiger partial charge < -0.3 is 0 Å². The normalized spacial score (nSPS) is 11.1. The summed E-state index contributed by atoms with van der Waals surface area (Å²) in [5.74, 6) is 1.75. The highest BCUT2D eigenvalue weighted by Crippen LogP contribution is 2.30. The molecule has 4 aromatic rings. The fourth-order valence-electron chi connectivity index (χ4n) is 3.64. The summed E-state index contributed by atoms with van der Waals surface area (Å²) in [4.78, 5) is 16.9. The number of rotatable bonds is 10. The van der Waals surface area contributed by atoms with Crippen molar-refractivity contribution in [2.24, 2.45) is 0 Å². The molecule has 32 heavy (non-hydrogen) atoms. The van der Waals surface area contributed by atoms with Crippen molar-refractivity contribution < 1.29 is 4.79 Å². The van der Waals surface area contributed by atoms with Crippen LogP contribution in [-0.4, -0.2) is 41.2 Å². The fraction of sp³-hybridized carbons (Fsp3) is 0.333. The largest absolute Gasteiger partial charge is 0.291 e. The summed E-state index contributed by atoms with van der Waals surface area (Å²) in [5, 5.41) is 18.9. The third-order valence-electron chi connectivity index (χ3n) is 5.34. The van der Waals surface area contributed by atoms with E-state index in [0.29, 0.717) is 24.5 Å². The average Bonchev–Trinajstić information content (AvgIpc) is 3.49. The second-order valence-corrected chi connectivity index (χ2v) is 7.76. The molecule has 0 atom stereocenters. The second-order valence-electron chi connectivity index (χ2n) is 7.76. The van der Waals surface area contributed by atoms with Crippen LogP contribution in [0.25, 0.3) is 22.5 Å². The van der Waals surface area contributed by atoms with Gasteiger partial charge >= 0.3 is 0 Å². The number of hydrogen-bond donors (Lipinski definition) is 1. The fourth-order valence-corrected chi connectivity index (χ4v) is 3.64. The maximum absolute atomic E-state index is 12.3. The molecular weight excluding hydrogens is 402 g/mol. The van der Waals surface area contributed by atoms with Gasteiger partial charge in [-0.15, -0.1) is 15.3 Å². The van der Waals surface area contributed by atoms with Crippen LogP contribution in [0.2, 0.25) is 0 Å². The Bertz CT molecular complexity index is 1160. The SMILES string of the molecule is CCCCn1nc(C(=O)CCC)nc1Cc1ccc(-c2ccccc2-c2nn[nH]n2)cc1. The lowest BCUT2D eigenvalue weighted by molar-refractivity contribution is 0.0971. The number of unbranched alkanes of at least 4 members (excludes halogenated alkanes) is 1. The van der Waals surface area contributed by atoms with E-state index in [2.05, 4.69) is 61.9 Å².